The van der Waals surface area contributed by atoms with E-state index in [1.54, 1.807) is 6.07 Å². The minimum Gasteiger partial charge on any atom is -0.478 e. The van der Waals surface area contributed by atoms with Gasteiger partial charge in [-0.1, -0.05) is 0 Å². The second-order valence-corrected chi connectivity index (χ2v) is 3.67. The molecule has 0 fully saturated rings. The van der Waals surface area contributed by atoms with Gasteiger partial charge in [-0.05, 0) is 26.0 Å². The molecule has 1 N–H and O–H groups in total. The van der Waals surface area contributed by atoms with E-state index in [4.69, 9.17) is 15.1 Å². The van der Waals surface area contributed by atoms with Crippen LogP contribution in [0, 0.1) is 17.1 Å². The van der Waals surface area contributed by atoms with E-state index in [9.17, 15) is 9.18 Å². The van der Waals surface area contributed by atoms with Crippen LogP contribution in [0.5, 0.6) is 5.75 Å². The zero-order valence-corrected chi connectivity index (χ0v) is 8.82. The quantitative estimate of drug-likeness (QED) is 0.850. The summed E-state index contributed by atoms with van der Waals surface area (Å²) >= 11 is 0. The maximum absolute atomic E-state index is 13.2. The number of ether oxygens (including phenoxy) is 1. The van der Waals surface area contributed by atoms with Crippen molar-refractivity contribution in [1.29, 1.82) is 5.26 Å². The Morgan fingerprint density at radius 1 is 1.56 bits per heavy atom. The summed E-state index contributed by atoms with van der Waals surface area (Å²) in [6.45, 7) is 2.71. The van der Waals surface area contributed by atoms with Gasteiger partial charge < -0.3 is 9.84 Å². The van der Waals surface area contributed by atoms with Crippen LogP contribution < -0.4 is 4.74 Å². The summed E-state index contributed by atoms with van der Waals surface area (Å²) in [4.78, 5) is 10.8. The summed E-state index contributed by atoms with van der Waals surface area (Å²) in [6.07, 6.45) is 0. The first kappa shape index (κ1) is 12.0. The Balaban J connectivity index is 2.97. The van der Waals surface area contributed by atoms with Crippen LogP contribution in [0.3, 0.4) is 0 Å². The molecule has 0 spiro atoms. The molecule has 4 nitrogen and oxygen atoms in total. The van der Waals surface area contributed by atoms with E-state index in [0.29, 0.717) is 0 Å². The molecule has 1 aromatic carbocycles. The summed E-state index contributed by atoms with van der Waals surface area (Å²) in [5, 5.41) is 17.3. The normalized spacial score (nSPS) is 10.6. The van der Waals surface area contributed by atoms with Crippen molar-refractivity contribution in [2.75, 3.05) is 0 Å². The highest BCUT2D eigenvalue weighted by Crippen LogP contribution is 2.21. The van der Waals surface area contributed by atoms with E-state index >= 15 is 0 Å². The summed E-state index contributed by atoms with van der Waals surface area (Å²) in [6, 6.07) is 5.24. The fourth-order valence-electron chi connectivity index (χ4n) is 0.988. The van der Waals surface area contributed by atoms with Crippen LogP contribution in [0.25, 0.3) is 0 Å². The first-order valence-corrected chi connectivity index (χ1v) is 4.49. The number of hydrogen-bond donors (Lipinski definition) is 1. The van der Waals surface area contributed by atoms with Gasteiger partial charge in [-0.15, -0.1) is 0 Å². The van der Waals surface area contributed by atoms with Crippen molar-refractivity contribution in [1.82, 2.24) is 0 Å². The average Bonchev–Trinajstić information content (AvgIpc) is 2.17. The minimum atomic E-state index is -1.44. The Labute approximate surface area is 91.9 Å². The molecule has 1 aromatic rings. The van der Waals surface area contributed by atoms with Crippen molar-refractivity contribution >= 4 is 5.97 Å². The fourth-order valence-corrected chi connectivity index (χ4v) is 0.988. The Hall–Kier alpha value is -2.09. The molecule has 0 aliphatic carbocycles. The van der Waals surface area contributed by atoms with Gasteiger partial charge in [0.15, 0.2) is 5.60 Å². The van der Waals surface area contributed by atoms with Crippen LogP contribution in [0.1, 0.15) is 19.4 Å². The summed E-state index contributed by atoms with van der Waals surface area (Å²) in [5.41, 5.74) is -1.55. The largest absolute Gasteiger partial charge is 0.478 e. The molecule has 5 heteroatoms. The molecule has 0 amide bonds. The second-order valence-electron chi connectivity index (χ2n) is 3.67. The first-order chi connectivity index (χ1) is 7.36. The zero-order chi connectivity index (χ0) is 12.3. The molecule has 0 radical (unpaired) electrons. The number of aliphatic carboxylic acids is 1. The van der Waals surface area contributed by atoms with Gasteiger partial charge in [-0.3, -0.25) is 0 Å². The molecule has 0 aliphatic heterocycles. The maximum atomic E-state index is 13.2. The van der Waals surface area contributed by atoms with E-state index in [1.807, 2.05) is 0 Å². The van der Waals surface area contributed by atoms with Crippen LogP contribution in [-0.4, -0.2) is 16.7 Å². The number of carbonyl (C=O) groups is 1. The predicted molar refractivity (Wildman–Crippen MR) is 53.5 cm³/mol. The molecule has 0 unspecified atom stereocenters. The molecule has 1 rings (SSSR count). The summed E-state index contributed by atoms with van der Waals surface area (Å²) in [5.74, 6) is -1.82. The topological polar surface area (TPSA) is 70.3 Å². The van der Waals surface area contributed by atoms with Gasteiger partial charge in [0, 0.05) is 6.07 Å². The molecule has 0 heterocycles. The zero-order valence-electron chi connectivity index (χ0n) is 8.82. The van der Waals surface area contributed by atoms with Crippen molar-refractivity contribution in [2.24, 2.45) is 0 Å². The van der Waals surface area contributed by atoms with Gasteiger partial charge >= 0.3 is 5.97 Å². The molecule has 0 aliphatic rings. The fraction of sp³-hybridized carbons (Fsp3) is 0.273. The van der Waals surface area contributed by atoms with Gasteiger partial charge in [-0.25, -0.2) is 9.18 Å². The number of rotatable bonds is 3. The van der Waals surface area contributed by atoms with E-state index in [-0.39, 0.29) is 11.3 Å². The lowest BCUT2D eigenvalue weighted by Crippen LogP contribution is -2.37. The molecule has 84 valence electrons. The van der Waals surface area contributed by atoms with Gasteiger partial charge in [-0.2, -0.15) is 5.26 Å². The van der Waals surface area contributed by atoms with Crippen LogP contribution in [0.4, 0.5) is 4.39 Å². The van der Waals surface area contributed by atoms with Gasteiger partial charge in [0.1, 0.15) is 17.6 Å². The van der Waals surface area contributed by atoms with Crippen molar-refractivity contribution in [2.45, 2.75) is 19.4 Å². The maximum Gasteiger partial charge on any atom is 0.347 e. The number of nitrogens with zero attached hydrogens (tertiary/aromatic N) is 1. The van der Waals surface area contributed by atoms with Crippen LogP contribution in [-0.2, 0) is 4.79 Å². The van der Waals surface area contributed by atoms with Crippen molar-refractivity contribution in [3.05, 3.63) is 29.6 Å². The molecular weight excluding hydrogens is 213 g/mol. The first-order valence-electron chi connectivity index (χ1n) is 4.49. The highest BCUT2D eigenvalue weighted by molar-refractivity contribution is 5.76. The number of carboxylic acid groups (broad SMARTS) is 1. The van der Waals surface area contributed by atoms with Gasteiger partial charge in [0.05, 0.1) is 5.56 Å². The Morgan fingerprint density at radius 2 is 2.19 bits per heavy atom. The molecule has 16 heavy (non-hydrogen) atoms. The Bertz CT molecular complexity index is 463. The number of benzene rings is 1. The third-order valence-electron chi connectivity index (χ3n) is 1.95. The SMILES string of the molecule is CC(C)(Oc1ccc(C#N)c(F)c1)C(=O)O. The summed E-state index contributed by atoms with van der Waals surface area (Å²) < 4.78 is 18.3. The van der Waals surface area contributed by atoms with Crippen molar-refractivity contribution < 1.29 is 19.0 Å². The van der Waals surface area contributed by atoms with E-state index < -0.39 is 17.4 Å². The lowest BCUT2D eigenvalue weighted by molar-refractivity contribution is -0.152. The lowest BCUT2D eigenvalue weighted by Gasteiger charge is -2.21. The number of halogens is 1. The van der Waals surface area contributed by atoms with Gasteiger partial charge in [0.2, 0.25) is 0 Å². The highest BCUT2D eigenvalue weighted by Gasteiger charge is 2.29. The minimum absolute atomic E-state index is 0.0731. The average molecular weight is 223 g/mol. The van der Waals surface area contributed by atoms with Crippen LogP contribution in [0.15, 0.2) is 18.2 Å². The summed E-state index contributed by atoms with van der Waals surface area (Å²) in [7, 11) is 0. The third-order valence-corrected chi connectivity index (χ3v) is 1.95. The number of carboxylic acids is 1. The molecule has 0 bridgehead atoms. The van der Waals surface area contributed by atoms with Crippen LogP contribution in [0.2, 0.25) is 0 Å². The third kappa shape index (κ3) is 2.48. The second kappa shape index (κ2) is 4.19. The molecule has 0 saturated carbocycles. The van der Waals surface area contributed by atoms with E-state index in [0.717, 1.165) is 6.07 Å². The molecular formula is C11H10FNO3. The van der Waals surface area contributed by atoms with Crippen molar-refractivity contribution in [3.63, 3.8) is 0 Å². The Kier molecular flexibility index (Phi) is 3.14. The van der Waals surface area contributed by atoms with Gasteiger partial charge in [0.25, 0.3) is 0 Å². The predicted octanol–water partition coefficient (Wildman–Crippen LogP) is 1.94. The number of hydrogen-bond acceptors (Lipinski definition) is 3. The molecule has 0 saturated heterocycles. The smallest absolute Gasteiger partial charge is 0.347 e. The van der Waals surface area contributed by atoms with E-state index in [2.05, 4.69) is 0 Å². The molecule has 0 aromatic heterocycles. The highest BCUT2D eigenvalue weighted by atomic mass is 19.1. The van der Waals surface area contributed by atoms with Crippen LogP contribution >= 0.6 is 0 Å². The lowest BCUT2D eigenvalue weighted by atomic mass is 10.1. The number of nitriles is 1. The standard InChI is InChI=1S/C11H10FNO3/c1-11(2,10(14)15)16-8-4-3-7(6-13)9(12)5-8/h3-5H,1-2H3,(H,14,15). The van der Waals surface area contributed by atoms with Crippen molar-refractivity contribution in [3.8, 4) is 11.8 Å². The van der Waals surface area contributed by atoms with E-state index in [1.165, 1.54) is 26.0 Å². The monoisotopic (exact) mass is 223 g/mol. The molecule has 0 atom stereocenters. The Morgan fingerprint density at radius 3 is 2.62 bits per heavy atom.